The fraction of sp³-hybridized carbons (Fsp3) is 0.412. The van der Waals surface area contributed by atoms with Gasteiger partial charge in [0.25, 0.3) is 5.91 Å². The van der Waals surface area contributed by atoms with Gasteiger partial charge in [0, 0.05) is 30.1 Å². The van der Waals surface area contributed by atoms with Gasteiger partial charge in [-0.15, -0.1) is 11.3 Å². The lowest BCUT2D eigenvalue weighted by Crippen LogP contribution is -2.42. The molecule has 1 amide bonds. The van der Waals surface area contributed by atoms with E-state index < -0.39 is 0 Å². The molecule has 0 atom stereocenters. The van der Waals surface area contributed by atoms with Gasteiger partial charge in [-0.05, 0) is 31.0 Å². The van der Waals surface area contributed by atoms with Gasteiger partial charge in [0.05, 0.1) is 0 Å². The summed E-state index contributed by atoms with van der Waals surface area (Å²) in [5, 5.41) is 2.63. The van der Waals surface area contributed by atoms with Gasteiger partial charge in [-0.2, -0.15) is 0 Å². The van der Waals surface area contributed by atoms with Crippen molar-refractivity contribution < 1.29 is 14.3 Å². The second kappa shape index (κ2) is 6.41. The molecule has 2 N–H and O–H groups in total. The summed E-state index contributed by atoms with van der Waals surface area (Å²) in [7, 11) is 0. The van der Waals surface area contributed by atoms with E-state index >= 15 is 0 Å². The molecule has 1 saturated heterocycles. The Morgan fingerprint density at radius 2 is 1.96 bits per heavy atom. The maximum atomic E-state index is 12.6. The van der Waals surface area contributed by atoms with E-state index in [4.69, 9.17) is 15.2 Å². The first-order valence-corrected chi connectivity index (χ1v) is 8.99. The van der Waals surface area contributed by atoms with Crippen molar-refractivity contribution in [2.75, 3.05) is 26.3 Å². The van der Waals surface area contributed by atoms with Crippen molar-refractivity contribution in [1.82, 2.24) is 9.88 Å². The summed E-state index contributed by atoms with van der Waals surface area (Å²) in [4.78, 5) is 18.9. The topological polar surface area (TPSA) is 77.7 Å². The predicted molar refractivity (Wildman–Crippen MR) is 91.7 cm³/mol. The SMILES string of the molecule is NC1CCN(C(=O)c2csc(-c3ccc4c(c3)OCCO4)n2)CC1. The maximum Gasteiger partial charge on any atom is 0.273 e. The maximum absolute atomic E-state index is 12.6. The van der Waals surface area contributed by atoms with Gasteiger partial charge in [-0.1, -0.05) is 0 Å². The number of carbonyl (C=O) groups excluding carboxylic acids is 1. The van der Waals surface area contributed by atoms with Crippen molar-refractivity contribution >= 4 is 17.2 Å². The minimum atomic E-state index is -0.0121. The molecule has 2 aliphatic rings. The van der Waals surface area contributed by atoms with E-state index in [1.54, 1.807) is 0 Å². The number of piperidine rings is 1. The number of rotatable bonds is 2. The lowest BCUT2D eigenvalue weighted by Gasteiger charge is -2.29. The summed E-state index contributed by atoms with van der Waals surface area (Å²) in [6.07, 6.45) is 1.70. The molecule has 126 valence electrons. The summed E-state index contributed by atoms with van der Waals surface area (Å²) in [6, 6.07) is 5.96. The van der Waals surface area contributed by atoms with Crippen LogP contribution in [0.4, 0.5) is 0 Å². The van der Waals surface area contributed by atoms with Gasteiger partial charge in [0.15, 0.2) is 11.5 Å². The molecule has 0 unspecified atom stereocenters. The van der Waals surface area contributed by atoms with Crippen molar-refractivity contribution in [1.29, 1.82) is 0 Å². The highest BCUT2D eigenvalue weighted by molar-refractivity contribution is 7.13. The van der Waals surface area contributed by atoms with Gasteiger partial charge < -0.3 is 20.1 Å². The molecule has 0 bridgehead atoms. The molecule has 0 radical (unpaired) electrons. The van der Waals surface area contributed by atoms with Crippen LogP contribution in [-0.2, 0) is 0 Å². The molecular weight excluding hydrogens is 326 g/mol. The number of ether oxygens (including phenoxy) is 2. The number of hydrogen-bond donors (Lipinski definition) is 1. The van der Waals surface area contributed by atoms with Gasteiger partial charge in [-0.3, -0.25) is 4.79 Å². The third kappa shape index (κ3) is 2.97. The molecule has 1 fully saturated rings. The first-order chi connectivity index (χ1) is 11.7. The smallest absolute Gasteiger partial charge is 0.273 e. The fourth-order valence-corrected chi connectivity index (χ4v) is 3.74. The lowest BCUT2D eigenvalue weighted by molar-refractivity contribution is 0.0709. The van der Waals surface area contributed by atoms with Crippen molar-refractivity contribution in [3.8, 4) is 22.1 Å². The number of hydrogen-bond acceptors (Lipinski definition) is 6. The molecule has 0 saturated carbocycles. The Bertz CT molecular complexity index is 753. The molecule has 1 aromatic carbocycles. The van der Waals surface area contributed by atoms with Crippen LogP contribution in [0.15, 0.2) is 23.6 Å². The molecule has 0 aliphatic carbocycles. The number of fused-ring (bicyclic) bond motifs is 1. The third-order valence-electron chi connectivity index (χ3n) is 4.34. The van der Waals surface area contributed by atoms with Crippen LogP contribution in [0.2, 0.25) is 0 Å². The number of nitrogens with zero attached hydrogens (tertiary/aromatic N) is 2. The largest absolute Gasteiger partial charge is 0.486 e. The van der Waals surface area contributed by atoms with Crippen molar-refractivity contribution in [2.24, 2.45) is 5.73 Å². The van der Waals surface area contributed by atoms with Crippen LogP contribution >= 0.6 is 11.3 Å². The van der Waals surface area contributed by atoms with E-state index in [1.807, 2.05) is 28.5 Å². The third-order valence-corrected chi connectivity index (χ3v) is 5.23. The number of likely N-dealkylation sites (tertiary alicyclic amines) is 1. The van der Waals surface area contributed by atoms with Crippen LogP contribution in [0.3, 0.4) is 0 Å². The van der Waals surface area contributed by atoms with E-state index in [-0.39, 0.29) is 11.9 Å². The Morgan fingerprint density at radius 1 is 1.21 bits per heavy atom. The first kappa shape index (κ1) is 15.4. The summed E-state index contributed by atoms with van der Waals surface area (Å²) < 4.78 is 11.1. The second-order valence-electron chi connectivity index (χ2n) is 6.03. The minimum Gasteiger partial charge on any atom is -0.486 e. The van der Waals surface area contributed by atoms with Gasteiger partial charge in [0.1, 0.15) is 23.9 Å². The molecule has 2 aromatic rings. The van der Waals surface area contributed by atoms with Crippen molar-refractivity contribution in [2.45, 2.75) is 18.9 Å². The molecule has 6 nitrogen and oxygen atoms in total. The molecule has 1 aromatic heterocycles. The molecule has 7 heteroatoms. The predicted octanol–water partition coefficient (Wildman–Crippen LogP) is 2.14. The normalized spacial score (nSPS) is 17.8. The van der Waals surface area contributed by atoms with Gasteiger partial charge >= 0.3 is 0 Å². The number of nitrogens with two attached hydrogens (primary N) is 1. The Morgan fingerprint density at radius 3 is 2.75 bits per heavy atom. The molecule has 3 heterocycles. The first-order valence-electron chi connectivity index (χ1n) is 8.11. The van der Waals surface area contributed by atoms with E-state index in [0.29, 0.717) is 32.0 Å². The zero-order valence-electron chi connectivity index (χ0n) is 13.2. The molecule has 24 heavy (non-hydrogen) atoms. The molecule has 4 rings (SSSR count). The van der Waals surface area contributed by atoms with Crippen LogP contribution in [-0.4, -0.2) is 48.1 Å². The number of aromatic nitrogens is 1. The summed E-state index contributed by atoms with van der Waals surface area (Å²) in [6.45, 7) is 2.53. The zero-order chi connectivity index (χ0) is 16.5. The standard InChI is InChI=1S/C17H19N3O3S/c18-12-3-5-20(6-4-12)17(21)13-10-24-16(19-13)11-1-2-14-15(9-11)23-8-7-22-14/h1-2,9-10,12H,3-8,18H2. The average Bonchev–Trinajstić information content (AvgIpc) is 3.11. The van der Waals surface area contributed by atoms with Crippen LogP contribution < -0.4 is 15.2 Å². The Hall–Kier alpha value is -2.12. The zero-order valence-corrected chi connectivity index (χ0v) is 14.1. The number of thiazole rings is 1. The highest BCUT2D eigenvalue weighted by Crippen LogP contribution is 2.35. The molecular formula is C17H19N3O3S. The van der Waals surface area contributed by atoms with Gasteiger partial charge in [0.2, 0.25) is 0 Å². The quantitative estimate of drug-likeness (QED) is 0.902. The summed E-state index contributed by atoms with van der Waals surface area (Å²) in [5.41, 5.74) is 7.33. The summed E-state index contributed by atoms with van der Waals surface area (Å²) >= 11 is 1.47. The highest BCUT2D eigenvalue weighted by Gasteiger charge is 2.24. The van der Waals surface area contributed by atoms with Crippen LogP contribution in [0, 0.1) is 0 Å². The number of benzene rings is 1. The van der Waals surface area contributed by atoms with Crippen LogP contribution in [0.5, 0.6) is 11.5 Å². The molecule has 0 spiro atoms. The Balaban J connectivity index is 1.53. The van der Waals surface area contributed by atoms with E-state index in [9.17, 15) is 4.79 Å². The number of carbonyl (C=O) groups is 1. The second-order valence-corrected chi connectivity index (χ2v) is 6.88. The average molecular weight is 345 g/mol. The van der Waals surface area contributed by atoms with E-state index in [0.717, 1.165) is 34.9 Å². The van der Waals surface area contributed by atoms with Crippen LogP contribution in [0.25, 0.3) is 10.6 Å². The monoisotopic (exact) mass is 345 g/mol. The highest BCUT2D eigenvalue weighted by atomic mass is 32.1. The van der Waals surface area contributed by atoms with Crippen molar-refractivity contribution in [3.05, 3.63) is 29.3 Å². The van der Waals surface area contributed by atoms with Gasteiger partial charge in [-0.25, -0.2) is 4.98 Å². The van der Waals surface area contributed by atoms with Crippen LogP contribution in [0.1, 0.15) is 23.3 Å². The van der Waals surface area contributed by atoms with E-state index in [2.05, 4.69) is 4.98 Å². The fourth-order valence-electron chi connectivity index (χ4n) is 2.95. The summed E-state index contributed by atoms with van der Waals surface area (Å²) in [5.74, 6) is 1.47. The van der Waals surface area contributed by atoms with Crippen molar-refractivity contribution in [3.63, 3.8) is 0 Å². The Kier molecular flexibility index (Phi) is 4.12. The number of amides is 1. The minimum absolute atomic E-state index is 0.0121. The lowest BCUT2D eigenvalue weighted by atomic mass is 10.1. The molecule has 2 aliphatic heterocycles. The Labute approximate surface area is 144 Å². The van der Waals surface area contributed by atoms with E-state index in [1.165, 1.54) is 11.3 Å².